The van der Waals surface area contributed by atoms with E-state index in [9.17, 15) is 0 Å². The Balaban J connectivity index is 2.05. The molecule has 2 aromatic rings. The minimum atomic E-state index is 0.550. The lowest BCUT2D eigenvalue weighted by Gasteiger charge is -2.13. The van der Waals surface area contributed by atoms with Gasteiger partial charge in [-0.05, 0) is 55.4 Å². The summed E-state index contributed by atoms with van der Waals surface area (Å²) < 4.78 is 0. The number of para-hydroxylation sites is 1. The van der Waals surface area contributed by atoms with Crippen molar-refractivity contribution < 1.29 is 0 Å². The first-order chi connectivity index (χ1) is 9.06. The highest BCUT2D eigenvalue weighted by Crippen LogP contribution is 2.20. The van der Waals surface area contributed by atoms with Crippen molar-refractivity contribution in [3.05, 3.63) is 58.6 Å². The molecule has 2 nitrogen and oxygen atoms in total. The molecule has 0 saturated heterocycles. The van der Waals surface area contributed by atoms with Gasteiger partial charge >= 0.3 is 0 Å². The van der Waals surface area contributed by atoms with Gasteiger partial charge in [-0.2, -0.15) is 0 Å². The van der Waals surface area contributed by atoms with E-state index in [4.69, 9.17) is 23.8 Å². The van der Waals surface area contributed by atoms with E-state index in [2.05, 4.69) is 10.6 Å². The topological polar surface area (TPSA) is 24.1 Å². The molecule has 2 rings (SSSR count). The summed E-state index contributed by atoms with van der Waals surface area (Å²) in [5, 5.41) is 7.57. The second-order valence-corrected chi connectivity index (χ2v) is 5.17. The number of nitrogens with one attached hydrogen (secondary N) is 2. The van der Waals surface area contributed by atoms with E-state index in [1.165, 1.54) is 0 Å². The van der Waals surface area contributed by atoms with Gasteiger partial charge in [0.05, 0.1) is 0 Å². The maximum absolute atomic E-state index is 6.08. The predicted molar refractivity (Wildman–Crippen MR) is 87.2 cm³/mol. The van der Waals surface area contributed by atoms with Gasteiger partial charge in [-0.25, -0.2) is 0 Å². The van der Waals surface area contributed by atoms with E-state index < -0.39 is 0 Å². The number of halogens is 1. The highest BCUT2D eigenvalue weighted by atomic mass is 35.5. The summed E-state index contributed by atoms with van der Waals surface area (Å²) in [6.45, 7) is 4.00. The molecule has 0 unspecified atom stereocenters. The van der Waals surface area contributed by atoms with Gasteiger partial charge in [-0.3, -0.25) is 0 Å². The molecule has 19 heavy (non-hydrogen) atoms. The first-order valence-electron chi connectivity index (χ1n) is 5.96. The maximum atomic E-state index is 6.08. The van der Waals surface area contributed by atoms with Gasteiger partial charge in [-0.1, -0.05) is 35.9 Å². The van der Waals surface area contributed by atoms with Crippen LogP contribution in [0.1, 0.15) is 11.1 Å². The minimum absolute atomic E-state index is 0.550. The monoisotopic (exact) mass is 290 g/mol. The van der Waals surface area contributed by atoms with Crippen LogP contribution in [-0.4, -0.2) is 5.11 Å². The smallest absolute Gasteiger partial charge is 0.175 e. The van der Waals surface area contributed by atoms with Crippen molar-refractivity contribution in [3.8, 4) is 0 Å². The van der Waals surface area contributed by atoms with E-state index in [0.29, 0.717) is 5.11 Å². The van der Waals surface area contributed by atoms with Crippen molar-refractivity contribution in [1.29, 1.82) is 0 Å². The summed E-state index contributed by atoms with van der Waals surface area (Å²) >= 11 is 11.4. The molecule has 0 aliphatic carbocycles. The highest BCUT2D eigenvalue weighted by molar-refractivity contribution is 7.80. The summed E-state index contributed by atoms with van der Waals surface area (Å²) in [5.74, 6) is 0. The fourth-order valence-corrected chi connectivity index (χ4v) is 2.08. The molecular formula is C15H15ClN2S. The van der Waals surface area contributed by atoms with Crippen molar-refractivity contribution >= 4 is 40.3 Å². The molecule has 0 heterocycles. The van der Waals surface area contributed by atoms with Crippen LogP contribution in [0.15, 0.2) is 42.5 Å². The highest BCUT2D eigenvalue weighted by Gasteiger charge is 2.02. The van der Waals surface area contributed by atoms with Gasteiger partial charge in [0, 0.05) is 16.4 Å². The van der Waals surface area contributed by atoms with Crippen LogP contribution in [0.4, 0.5) is 11.4 Å². The standard InChI is InChI=1S/C15H15ClN2S/c1-10-7-8-12(9-13(10)16)17-15(19)18-14-6-4-3-5-11(14)2/h3-9H,1-2H3,(H2,17,18,19). The lowest BCUT2D eigenvalue weighted by atomic mass is 10.2. The molecular weight excluding hydrogens is 276 g/mol. The SMILES string of the molecule is Cc1ccc(NC(=S)Nc2ccccc2C)cc1Cl. The molecule has 2 N–H and O–H groups in total. The van der Waals surface area contributed by atoms with Gasteiger partial charge in [0.2, 0.25) is 0 Å². The molecule has 0 atom stereocenters. The number of rotatable bonds is 2. The second-order valence-electron chi connectivity index (χ2n) is 4.36. The fraction of sp³-hybridized carbons (Fsp3) is 0.133. The van der Waals surface area contributed by atoms with Crippen molar-refractivity contribution in [1.82, 2.24) is 0 Å². The van der Waals surface area contributed by atoms with Crippen molar-refractivity contribution in [2.45, 2.75) is 13.8 Å². The van der Waals surface area contributed by atoms with Crippen LogP contribution >= 0.6 is 23.8 Å². The van der Waals surface area contributed by atoms with Crippen LogP contribution in [0.25, 0.3) is 0 Å². The summed E-state index contributed by atoms with van der Waals surface area (Å²) in [6.07, 6.45) is 0. The molecule has 2 aromatic carbocycles. The first-order valence-corrected chi connectivity index (χ1v) is 6.74. The van der Waals surface area contributed by atoms with Crippen LogP contribution in [0.5, 0.6) is 0 Å². The zero-order valence-corrected chi connectivity index (χ0v) is 12.4. The predicted octanol–water partition coefficient (Wildman–Crippen LogP) is 4.77. The van der Waals surface area contributed by atoms with E-state index >= 15 is 0 Å². The number of hydrogen-bond acceptors (Lipinski definition) is 1. The molecule has 0 radical (unpaired) electrons. The van der Waals surface area contributed by atoms with Crippen LogP contribution in [0.3, 0.4) is 0 Å². The Morgan fingerprint density at radius 1 is 1.00 bits per heavy atom. The molecule has 0 fully saturated rings. The third kappa shape index (κ3) is 3.69. The van der Waals surface area contributed by atoms with Crippen LogP contribution in [-0.2, 0) is 0 Å². The molecule has 0 bridgehead atoms. The largest absolute Gasteiger partial charge is 0.332 e. The number of anilines is 2. The van der Waals surface area contributed by atoms with Gasteiger partial charge in [-0.15, -0.1) is 0 Å². The van der Waals surface area contributed by atoms with E-state index in [1.807, 2.05) is 56.3 Å². The normalized spacial score (nSPS) is 10.1. The Morgan fingerprint density at radius 3 is 2.42 bits per heavy atom. The zero-order valence-electron chi connectivity index (χ0n) is 10.8. The molecule has 0 aliphatic rings. The van der Waals surface area contributed by atoms with Gasteiger partial charge in [0.15, 0.2) is 5.11 Å². The Labute approximate surface area is 123 Å². The van der Waals surface area contributed by atoms with Gasteiger partial charge < -0.3 is 10.6 Å². The van der Waals surface area contributed by atoms with Gasteiger partial charge in [0.25, 0.3) is 0 Å². The lowest BCUT2D eigenvalue weighted by molar-refractivity contribution is 1.45. The van der Waals surface area contributed by atoms with Crippen molar-refractivity contribution in [2.75, 3.05) is 10.6 Å². The van der Waals surface area contributed by atoms with Crippen LogP contribution < -0.4 is 10.6 Å². The average Bonchev–Trinajstić information content (AvgIpc) is 2.37. The van der Waals surface area contributed by atoms with E-state index in [1.54, 1.807) is 0 Å². The zero-order chi connectivity index (χ0) is 13.8. The molecule has 0 amide bonds. The minimum Gasteiger partial charge on any atom is -0.332 e. The quantitative estimate of drug-likeness (QED) is 0.779. The Bertz CT molecular complexity index is 611. The third-order valence-corrected chi connectivity index (χ3v) is 3.43. The molecule has 4 heteroatoms. The summed E-state index contributed by atoms with van der Waals surface area (Å²) in [6, 6.07) is 13.8. The second kappa shape index (κ2) is 6.04. The summed E-state index contributed by atoms with van der Waals surface area (Å²) in [5.41, 5.74) is 4.07. The fourth-order valence-electron chi connectivity index (χ4n) is 1.67. The molecule has 0 spiro atoms. The Morgan fingerprint density at radius 2 is 1.74 bits per heavy atom. The Kier molecular flexibility index (Phi) is 4.40. The van der Waals surface area contributed by atoms with Gasteiger partial charge in [0.1, 0.15) is 0 Å². The van der Waals surface area contributed by atoms with E-state index in [-0.39, 0.29) is 0 Å². The van der Waals surface area contributed by atoms with Crippen molar-refractivity contribution in [3.63, 3.8) is 0 Å². The van der Waals surface area contributed by atoms with Crippen LogP contribution in [0, 0.1) is 13.8 Å². The summed E-state index contributed by atoms with van der Waals surface area (Å²) in [7, 11) is 0. The molecule has 0 aliphatic heterocycles. The average molecular weight is 291 g/mol. The van der Waals surface area contributed by atoms with E-state index in [0.717, 1.165) is 27.5 Å². The Hall–Kier alpha value is -1.58. The summed E-state index contributed by atoms with van der Waals surface area (Å²) in [4.78, 5) is 0. The van der Waals surface area contributed by atoms with Crippen molar-refractivity contribution in [2.24, 2.45) is 0 Å². The lowest BCUT2D eigenvalue weighted by Crippen LogP contribution is -2.19. The third-order valence-electron chi connectivity index (χ3n) is 2.82. The van der Waals surface area contributed by atoms with Crippen LogP contribution in [0.2, 0.25) is 5.02 Å². The molecule has 98 valence electrons. The number of aryl methyl sites for hydroxylation is 2. The number of benzene rings is 2. The number of thiocarbonyl (C=S) groups is 1. The number of hydrogen-bond donors (Lipinski definition) is 2. The maximum Gasteiger partial charge on any atom is 0.175 e. The molecule has 0 aromatic heterocycles. The first kappa shape index (κ1) is 13.8. The molecule has 0 saturated carbocycles.